The number of hydrogen-bond acceptors (Lipinski definition) is 11. The number of hydrogen-bond donors (Lipinski definition) is 5. The Morgan fingerprint density at radius 2 is 1.25 bits per heavy atom. The Balaban J connectivity index is 2.28. The molecule has 0 bridgehead atoms. The van der Waals surface area contributed by atoms with Gasteiger partial charge in [0.25, 0.3) is 0 Å². The molecule has 16 nitrogen and oxygen atoms in total. The molecule has 0 fully saturated rings. The molecule has 0 heterocycles. The summed E-state index contributed by atoms with van der Waals surface area (Å²) in [5, 5.41) is 13.1. The van der Waals surface area contributed by atoms with Gasteiger partial charge in [-0.15, -0.1) is 0 Å². The second-order valence-electron chi connectivity index (χ2n) is 16.1. The topological polar surface area (TPSA) is 212 Å². The molecule has 0 aliphatic rings. The van der Waals surface area contributed by atoms with E-state index in [0.717, 1.165) is 24.0 Å². The fourth-order valence-corrected chi connectivity index (χ4v) is 5.66. The molecular formula is C44H64N6O10. The third-order valence-corrected chi connectivity index (χ3v) is 8.32. The summed E-state index contributed by atoms with van der Waals surface area (Å²) in [5.74, 6) is -1.90. The normalized spacial score (nSPS) is 12.6. The molecule has 0 unspecified atom stereocenters. The zero-order valence-electron chi connectivity index (χ0n) is 36.3. The minimum Gasteiger partial charge on any atom is -0.490 e. The third-order valence-electron chi connectivity index (χ3n) is 8.32. The first-order valence-corrected chi connectivity index (χ1v) is 20.1. The zero-order chi connectivity index (χ0) is 44.7. The van der Waals surface area contributed by atoms with Gasteiger partial charge in [0, 0.05) is 19.9 Å². The second kappa shape index (κ2) is 25.5. The predicted molar refractivity (Wildman–Crippen MR) is 228 cm³/mol. The number of esters is 1. The molecular weight excluding hydrogens is 773 g/mol. The number of methoxy groups -OCH3 is 1. The lowest BCUT2D eigenvalue weighted by molar-refractivity contribution is -0.145. The largest absolute Gasteiger partial charge is 0.490 e. The standard InChI is InChI=1S/C44H64N6O10/c1-10-28-58-33-25-23-32(24-26-33)29-36(46-30(2)51)38(53)47-34(37(52)48-35(39(54)57-9)22-15-14-20-31-18-12-11-13-19-31)21-16-17-27-45-40(49-41(55)59-43(3,4)5)50-42(56)60-44(6,7)8/h10-13,18-19,23-26,34-36H,1,14-17,20-22,27-29H2,2-9H3,(H,46,51)(H,47,53)(H,48,52)(H2,45,49,50,55,56)/t34-,35-,36-/m0/s1. The number of guanidine groups is 1. The van der Waals surface area contributed by atoms with Crippen LogP contribution >= 0.6 is 0 Å². The molecule has 0 saturated carbocycles. The molecule has 2 aromatic carbocycles. The first kappa shape index (κ1) is 50.2. The van der Waals surface area contributed by atoms with Crippen LogP contribution in [0.1, 0.15) is 98.1 Å². The van der Waals surface area contributed by atoms with Gasteiger partial charge in [-0.2, -0.15) is 0 Å². The summed E-state index contributed by atoms with van der Waals surface area (Å²) in [5.41, 5.74) is 0.244. The van der Waals surface area contributed by atoms with Crippen molar-refractivity contribution in [2.75, 3.05) is 20.3 Å². The molecule has 5 N–H and O–H groups in total. The summed E-state index contributed by atoms with van der Waals surface area (Å²) in [6, 6.07) is 13.8. The maximum atomic E-state index is 13.9. The van der Waals surface area contributed by atoms with Crippen LogP contribution in [0.15, 0.2) is 72.2 Å². The van der Waals surface area contributed by atoms with Crippen LogP contribution in [-0.4, -0.2) is 91.4 Å². The van der Waals surface area contributed by atoms with Gasteiger partial charge in [-0.05, 0) is 103 Å². The van der Waals surface area contributed by atoms with Crippen LogP contribution in [0, 0.1) is 0 Å². The van der Waals surface area contributed by atoms with Crippen LogP contribution < -0.4 is 31.3 Å². The predicted octanol–water partition coefficient (Wildman–Crippen LogP) is 5.43. The van der Waals surface area contributed by atoms with E-state index in [4.69, 9.17) is 18.9 Å². The van der Waals surface area contributed by atoms with Crippen molar-refractivity contribution in [2.45, 2.75) is 129 Å². The van der Waals surface area contributed by atoms with Gasteiger partial charge in [0.05, 0.1) is 7.11 Å². The van der Waals surface area contributed by atoms with Crippen molar-refractivity contribution < 1.29 is 47.7 Å². The van der Waals surface area contributed by atoms with E-state index in [1.807, 2.05) is 30.3 Å². The van der Waals surface area contributed by atoms with Crippen molar-refractivity contribution in [3.8, 4) is 5.75 Å². The van der Waals surface area contributed by atoms with Crippen LogP contribution in [0.2, 0.25) is 0 Å². The summed E-state index contributed by atoms with van der Waals surface area (Å²) in [6.45, 7) is 15.5. The number of carbonyl (C=O) groups excluding carboxylic acids is 6. The summed E-state index contributed by atoms with van der Waals surface area (Å²) >= 11 is 0. The Morgan fingerprint density at radius 3 is 1.80 bits per heavy atom. The Labute approximate surface area is 354 Å². The number of nitrogens with zero attached hydrogens (tertiary/aromatic N) is 1. The average Bonchev–Trinajstić information content (AvgIpc) is 3.16. The van der Waals surface area contributed by atoms with Crippen molar-refractivity contribution in [3.05, 3.63) is 78.4 Å². The first-order chi connectivity index (χ1) is 28.3. The van der Waals surface area contributed by atoms with Crippen molar-refractivity contribution >= 4 is 41.8 Å². The van der Waals surface area contributed by atoms with Crippen molar-refractivity contribution in [3.63, 3.8) is 0 Å². The Kier molecular flexibility index (Phi) is 21.4. The van der Waals surface area contributed by atoms with Crippen LogP contribution in [0.4, 0.5) is 9.59 Å². The van der Waals surface area contributed by atoms with E-state index in [2.05, 4.69) is 38.2 Å². The maximum Gasteiger partial charge on any atom is 0.414 e. The van der Waals surface area contributed by atoms with Gasteiger partial charge in [0.1, 0.15) is 41.7 Å². The van der Waals surface area contributed by atoms with Crippen LogP contribution in [0.3, 0.4) is 0 Å². The Bertz CT molecular complexity index is 1700. The molecule has 0 aliphatic heterocycles. The van der Waals surface area contributed by atoms with E-state index in [-0.39, 0.29) is 25.3 Å². The van der Waals surface area contributed by atoms with E-state index >= 15 is 0 Å². The number of ether oxygens (including phenoxy) is 4. The molecule has 16 heteroatoms. The molecule has 5 amide bonds. The SMILES string of the molecule is C=CCOc1ccc(C[C@H](NC(C)=O)C(=O)N[C@@H](CCCCN=C(NC(=O)OC(C)(C)C)NC(=O)OC(C)(C)C)C(=O)N[C@@H](CCCCc2ccccc2)C(=O)OC)cc1. The number of unbranched alkanes of at least 4 members (excludes halogenated alkanes) is 2. The smallest absolute Gasteiger partial charge is 0.414 e. The summed E-state index contributed by atoms with van der Waals surface area (Å²) in [4.78, 5) is 82.3. The fourth-order valence-electron chi connectivity index (χ4n) is 5.66. The summed E-state index contributed by atoms with van der Waals surface area (Å²) in [6.07, 6.45) is 3.28. The minimum atomic E-state index is -1.14. The highest BCUT2D eigenvalue weighted by atomic mass is 16.6. The lowest BCUT2D eigenvalue weighted by Gasteiger charge is -2.25. The first-order valence-electron chi connectivity index (χ1n) is 20.1. The molecule has 330 valence electrons. The van der Waals surface area contributed by atoms with Crippen LogP contribution in [0.25, 0.3) is 0 Å². The highest BCUT2D eigenvalue weighted by molar-refractivity contribution is 6.01. The number of rotatable bonds is 21. The number of amides is 5. The van der Waals surface area contributed by atoms with E-state index in [0.29, 0.717) is 38.0 Å². The number of aliphatic imine (C=N–C) groups is 1. The summed E-state index contributed by atoms with van der Waals surface area (Å²) in [7, 11) is 1.24. The second-order valence-corrected chi connectivity index (χ2v) is 16.1. The van der Waals surface area contributed by atoms with Gasteiger partial charge in [-0.25, -0.2) is 14.4 Å². The van der Waals surface area contributed by atoms with E-state index in [1.54, 1.807) is 71.9 Å². The molecule has 0 spiro atoms. The van der Waals surface area contributed by atoms with E-state index in [9.17, 15) is 28.8 Å². The lowest BCUT2D eigenvalue weighted by atomic mass is 10.0. The minimum absolute atomic E-state index is 0.0798. The van der Waals surface area contributed by atoms with Crippen LogP contribution in [-0.2, 0) is 46.2 Å². The monoisotopic (exact) mass is 836 g/mol. The molecule has 0 aliphatic carbocycles. The van der Waals surface area contributed by atoms with E-state index in [1.165, 1.54) is 14.0 Å². The van der Waals surface area contributed by atoms with E-state index < -0.39 is 65.2 Å². The number of aryl methyl sites for hydroxylation is 1. The quantitative estimate of drug-likeness (QED) is 0.0269. The van der Waals surface area contributed by atoms with Gasteiger partial charge < -0.3 is 34.9 Å². The molecule has 0 radical (unpaired) electrons. The van der Waals surface area contributed by atoms with Gasteiger partial charge in [-0.1, -0.05) is 61.5 Å². The van der Waals surface area contributed by atoms with Gasteiger partial charge in [-0.3, -0.25) is 30.0 Å². The van der Waals surface area contributed by atoms with Crippen molar-refractivity contribution in [2.24, 2.45) is 4.99 Å². The fraction of sp³-hybridized carbons (Fsp3) is 0.523. The van der Waals surface area contributed by atoms with Gasteiger partial charge >= 0.3 is 18.2 Å². The third kappa shape index (κ3) is 21.7. The average molecular weight is 837 g/mol. The molecule has 3 atom stereocenters. The van der Waals surface area contributed by atoms with Crippen LogP contribution in [0.5, 0.6) is 5.75 Å². The highest BCUT2D eigenvalue weighted by Gasteiger charge is 2.30. The maximum absolute atomic E-state index is 13.9. The number of carbonyl (C=O) groups is 6. The lowest BCUT2D eigenvalue weighted by Crippen LogP contribution is -2.56. The number of alkyl carbamates (subject to hydrolysis) is 2. The van der Waals surface area contributed by atoms with Crippen molar-refractivity contribution in [1.29, 1.82) is 0 Å². The Hall–Kier alpha value is -5.93. The number of nitrogens with one attached hydrogen (secondary N) is 5. The summed E-state index contributed by atoms with van der Waals surface area (Å²) < 4.78 is 21.2. The van der Waals surface area contributed by atoms with Gasteiger partial charge in [0.2, 0.25) is 23.7 Å². The molecule has 0 saturated heterocycles. The zero-order valence-corrected chi connectivity index (χ0v) is 36.3. The Morgan fingerprint density at radius 1 is 0.700 bits per heavy atom. The van der Waals surface area contributed by atoms with Gasteiger partial charge in [0.15, 0.2) is 0 Å². The highest BCUT2D eigenvalue weighted by Crippen LogP contribution is 2.15. The molecule has 2 rings (SSSR count). The molecule has 0 aromatic heterocycles. The molecule has 60 heavy (non-hydrogen) atoms. The molecule has 2 aromatic rings. The number of benzene rings is 2. The van der Waals surface area contributed by atoms with Crippen molar-refractivity contribution in [1.82, 2.24) is 26.6 Å².